The molecule has 1 aromatic carbocycles. The first-order valence-electron chi connectivity index (χ1n) is 5.16. The Morgan fingerprint density at radius 2 is 1.83 bits per heavy atom. The van der Waals surface area contributed by atoms with Gasteiger partial charge in [0.15, 0.2) is 0 Å². The van der Waals surface area contributed by atoms with Crippen LogP contribution in [0.15, 0.2) is 18.2 Å². The van der Waals surface area contributed by atoms with Crippen molar-refractivity contribution in [3.8, 4) is 5.69 Å². The van der Waals surface area contributed by atoms with E-state index in [4.69, 9.17) is 5.73 Å². The van der Waals surface area contributed by atoms with E-state index >= 15 is 0 Å². The second-order valence-corrected chi connectivity index (χ2v) is 3.93. The van der Waals surface area contributed by atoms with Gasteiger partial charge in [0.2, 0.25) is 0 Å². The first-order valence-corrected chi connectivity index (χ1v) is 5.16. The van der Waals surface area contributed by atoms with Crippen molar-refractivity contribution >= 4 is 5.69 Å². The van der Waals surface area contributed by atoms with E-state index in [1.807, 2.05) is 0 Å². The lowest BCUT2D eigenvalue weighted by Gasteiger charge is -2.11. The van der Waals surface area contributed by atoms with Crippen LogP contribution in [0.2, 0.25) is 0 Å². The summed E-state index contributed by atoms with van der Waals surface area (Å²) in [5, 5.41) is 4.03. The highest BCUT2D eigenvalue weighted by atomic mass is 19.4. The van der Waals surface area contributed by atoms with Crippen molar-refractivity contribution in [2.24, 2.45) is 0 Å². The molecule has 0 saturated carbocycles. The first kappa shape index (κ1) is 12.4. The fourth-order valence-corrected chi connectivity index (χ4v) is 1.69. The van der Waals surface area contributed by atoms with Crippen molar-refractivity contribution in [2.45, 2.75) is 20.0 Å². The highest BCUT2D eigenvalue weighted by molar-refractivity contribution is 5.51. The molecule has 0 atom stereocenters. The van der Waals surface area contributed by atoms with Crippen LogP contribution in [0.3, 0.4) is 0 Å². The van der Waals surface area contributed by atoms with E-state index in [1.165, 1.54) is 10.7 Å². The van der Waals surface area contributed by atoms with Crippen LogP contribution in [0.4, 0.5) is 18.9 Å². The average Bonchev–Trinajstić information content (AvgIpc) is 2.55. The van der Waals surface area contributed by atoms with Gasteiger partial charge >= 0.3 is 6.18 Å². The Morgan fingerprint density at radius 3 is 2.33 bits per heavy atom. The molecule has 0 fully saturated rings. The monoisotopic (exact) mass is 256 g/mol. The van der Waals surface area contributed by atoms with Gasteiger partial charge in [-0.3, -0.25) is 0 Å². The molecule has 96 valence electrons. The SMILES string of the molecule is Cc1nc(C)n(-c2cc(N)cc(C(F)(F)F)c2)n1. The molecule has 1 heterocycles. The molecule has 4 nitrogen and oxygen atoms in total. The van der Waals surface area contributed by atoms with E-state index in [9.17, 15) is 13.2 Å². The molecule has 0 bridgehead atoms. The van der Waals surface area contributed by atoms with Crippen molar-refractivity contribution in [2.75, 3.05) is 5.73 Å². The van der Waals surface area contributed by atoms with E-state index in [1.54, 1.807) is 13.8 Å². The van der Waals surface area contributed by atoms with Gasteiger partial charge in [0, 0.05) is 5.69 Å². The van der Waals surface area contributed by atoms with E-state index < -0.39 is 11.7 Å². The van der Waals surface area contributed by atoms with Crippen molar-refractivity contribution in [1.29, 1.82) is 0 Å². The lowest BCUT2D eigenvalue weighted by molar-refractivity contribution is -0.137. The molecular formula is C11H11F3N4. The molecule has 0 aliphatic heterocycles. The standard InChI is InChI=1S/C11H11F3N4/c1-6-16-7(2)18(17-6)10-4-8(11(12,13)14)3-9(15)5-10/h3-5H,15H2,1-2H3. The predicted molar refractivity (Wildman–Crippen MR) is 60.2 cm³/mol. The third-order valence-corrected chi connectivity index (χ3v) is 2.39. The highest BCUT2D eigenvalue weighted by Gasteiger charge is 2.31. The van der Waals surface area contributed by atoms with E-state index in [2.05, 4.69) is 10.1 Å². The number of nitrogen functional groups attached to an aromatic ring is 1. The number of alkyl halides is 3. The van der Waals surface area contributed by atoms with Crippen LogP contribution in [-0.2, 0) is 6.18 Å². The van der Waals surface area contributed by atoms with Gasteiger partial charge in [0.1, 0.15) is 11.6 Å². The quantitative estimate of drug-likeness (QED) is 0.797. The maximum atomic E-state index is 12.7. The second-order valence-electron chi connectivity index (χ2n) is 3.93. The number of aromatic nitrogens is 3. The molecule has 2 aromatic rings. The van der Waals surface area contributed by atoms with Gasteiger partial charge in [-0.05, 0) is 32.0 Å². The molecular weight excluding hydrogens is 245 g/mol. The van der Waals surface area contributed by atoms with Gasteiger partial charge in [-0.1, -0.05) is 0 Å². The van der Waals surface area contributed by atoms with Gasteiger partial charge in [-0.15, -0.1) is 0 Å². The second kappa shape index (κ2) is 4.01. The molecule has 0 saturated heterocycles. The Bertz CT molecular complexity index is 586. The maximum Gasteiger partial charge on any atom is 0.416 e. The minimum Gasteiger partial charge on any atom is -0.399 e. The fourth-order valence-electron chi connectivity index (χ4n) is 1.69. The molecule has 0 aliphatic rings. The smallest absolute Gasteiger partial charge is 0.399 e. The zero-order valence-electron chi connectivity index (χ0n) is 9.78. The Morgan fingerprint density at radius 1 is 1.17 bits per heavy atom. The summed E-state index contributed by atoms with van der Waals surface area (Å²) in [6.45, 7) is 3.33. The summed E-state index contributed by atoms with van der Waals surface area (Å²) < 4.78 is 39.3. The normalized spacial score (nSPS) is 11.8. The molecule has 0 unspecified atom stereocenters. The van der Waals surface area contributed by atoms with E-state index in [-0.39, 0.29) is 11.4 Å². The minimum atomic E-state index is -4.44. The maximum absolute atomic E-state index is 12.7. The molecule has 18 heavy (non-hydrogen) atoms. The number of hydrogen-bond donors (Lipinski definition) is 1. The molecule has 2 N–H and O–H groups in total. The molecule has 0 amide bonds. The number of halogens is 3. The average molecular weight is 256 g/mol. The van der Waals surface area contributed by atoms with Gasteiger partial charge in [0.25, 0.3) is 0 Å². The number of nitrogens with two attached hydrogens (primary N) is 1. The third-order valence-electron chi connectivity index (χ3n) is 2.39. The van der Waals surface area contributed by atoms with Crippen LogP contribution in [0.5, 0.6) is 0 Å². The van der Waals surface area contributed by atoms with Crippen LogP contribution in [0.1, 0.15) is 17.2 Å². The topological polar surface area (TPSA) is 56.7 Å². The molecule has 0 aliphatic carbocycles. The largest absolute Gasteiger partial charge is 0.416 e. The summed E-state index contributed by atoms with van der Waals surface area (Å²) in [6.07, 6.45) is -4.44. The fraction of sp³-hybridized carbons (Fsp3) is 0.273. The Labute approximate surface area is 101 Å². The van der Waals surface area contributed by atoms with E-state index in [0.29, 0.717) is 11.6 Å². The van der Waals surface area contributed by atoms with Gasteiger partial charge in [-0.2, -0.15) is 18.3 Å². The van der Waals surface area contributed by atoms with E-state index in [0.717, 1.165) is 12.1 Å². The molecule has 7 heteroatoms. The first-order chi connectivity index (χ1) is 8.27. The van der Waals surface area contributed by atoms with Gasteiger partial charge in [-0.25, -0.2) is 9.67 Å². The number of benzene rings is 1. The summed E-state index contributed by atoms with van der Waals surface area (Å²) >= 11 is 0. The molecule has 0 radical (unpaired) electrons. The summed E-state index contributed by atoms with van der Waals surface area (Å²) in [5.41, 5.74) is 4.97. The van der Waals surface area contributed by atoms with Crippen molar-refractivity contribution in [3.63, 3.8) is 0 Å². The van der Waals surface area contributed by atoms with Gasteiger partial charge < -0.3 is 5.73 Å². The summed E-state index contributed by atoms with van der Waals surface area (Å²) in [6, 6.07) is 3.32. The third kappa shape index (κ3) is 2.29. The number of nitrogens with zero attached hydrogens (tertiary/aromatic N) is 3. The van der Waals surface area contributed by atoms with Crippen LogP contribution in [0.25, 0.3) is 5.69 Å². The van der Waals surface area contributed by atoms with Crippen molar-refractivity contribution in [3.05, 3.63) is 35.4 Å². The molecule has 1 aromatic heterocycles. The van der Waals surface area contributed by atoms with Crippen LogP contribution in [-0.4, -0.2) is 14.8 Å². The minimum absolute atomic E-state index is 0.0346. The number of hydrogen-bond acceptors (Lipinski definition) is 3. The highest BCUT2D eigenvalue weighted by Crippen LogP contribution is 2.32. The molecule has 2 rings (SSSR count). The molecule has 0 spiro atoms. The Kier molecular flexibility index (Phi) is 2.76. The zero-order chi connectivity index (χ0) is 13.5. The van der Waals surface area contributed by atoms with Crippen molar-refractivity contribution in [1.82, 2.24) is 14.8 Å². The summed E-state index contributed by atoms with van der Waals surface area (Å²) in [5.74, 6) is 0.995. The van der Waals surface area contributed by atoms with Crippen LogP contribution >= 0.6 is 0 Å². The number of anilines is 1. The number of aryl methyl sites for hydroxylation is 2. The van der Waals surface area contributed by atoms with Crippen LogP contribution < -0.4 is 5.73 Å². The zero-order valence-corrected chi connectivity index (χ0v) is 9.78. The lowest BCUT2D eigenvalue weighted by Crippen LogP contribution is -2.08. The Hall–Kier alpha value is -2.05. The summed E-state index contributed by atoms with van der Waals surface area (Å²) in [4.78, 5) is 4.04. The van der Waals surface area contributed by atoms with Crippen molar-refractivity contribution < 1.29 is 13.2 Å². The number of rotatable bonds is 1. The van der Waals surface area contributed by atoms with Crippen LogP contribution in [0, 0.1) is 13.8 Å². The lowest BCUT2D eigenvalue weighted by atomic mass is 10.1. The Balaban J connectivity index is 2.59. The van der Waals surface area contributed by atoms with Gasteiger partial charge in [0.05, 0.1) is 11.3 Å². The predicted octanol–water partition coefficient (Wildman–Crippen LogP) is 2.49. The summed E-state index contributed by atoms with van der Waals surface area (Å²) in [7, 11) is 0.